The summed E-state index contributed by atoms with van der Waals surface area (Å²) in [6.45, 7) is 2.43. The predicted molar refractivity (Wildman–Crippen MR) is 96.3 cm³/mol. The number of nitrogens with zero attached hydrogens (tertiary/aromatic N) is 2. The fourth-order valence-corrected chi connectivity index (χ4v) is 3.20. The Labute approximate surface area is 146 Å². The number of rotatable bonds is 5. The molecule has 0 aliphatic carbocycles. The van der Waals surface area contributed by atoms with Crippen LogP contribution in [0.5, 0.6) is 0 Å². The van der Waals surface area contributed by atoms with Crippen molar-refractivity contribution in [1.29, 1.82) is 0 Å². The quantitative estimate of drug-likeness (QED) is 0.777. The first-order chi connectivity index (χ1) is 12.0. The number of fused-ring (bicyclic) bond motifs is 1. The molecule has 0 aliphatic heterocycles. The topological polar surface area (TPSA) is 59.2 Å². The fourth-order valence-electron chi connectivity index (χ4n) is 3.20. The van der Waals surface area contributed by atoms with E-state index < -0.39 is 11.9 Å². The van der Waals surface area contributed by atoms with Crippen LogP contribution >= 0.6 is 0 Å². The molecule has 3 rings (SSSR count). The lowest BCUT2D eigenvalue weighted by molar-refractivity contribution is -0.123. The summed E-state index contributed by atoms with van der Waals surface area (Å²) < 4.78 is 13.6. The lowest BCUT2D eigenvalue weighted by atomic mass is 10.0. The third-order valence-electron chi connectivity index (χ3n) is 4.22. The third-order valence-corrected chi connectivity index (χ3v) is 4.22. The molecule has 0 spiro atoms. The van der Waals surface area contributed by atoms with E-state index in [1.165, 1.54) is 12.1 Å². The molecule has 0 aliphatic rings. The van der Waals surface area contributed by atoms with Crippen molar-refractivity contribution in [2.24, 2.45) is 5.73 Å². The van der Waals surface area contributed by atoms with E-state index >= 15 is 0 Å². The van der Waals surface area contributed by atoms with Crippen LogP contribution in [-0.2, 0) is 11.3 Å². The highest BCUT2D eigenvalue weighted by atomic mass is 19.1. The molecule has 1 aromatic heterocycles. The first-order valence-electron chi connectivity index (χ1n) is 8.06. The molecular formula is C20H20FN3O. The summed E-state index contributed by atoms with van der Waals surface area (Å²) in [6.07, 6.45) is 0. The van der Waals surface area contributed by atoms with Gasteiger partial charge in [0.15, 0.2) is 0 Å². The van der Waals surface area contributed by atoms with E-state index in [1.807, 2.05) is 49.2 Å². The minimum atomic E-state index is -0.706. The van der Waals surface area contributed by atoms with Crippen LogP contribution in [-0.4, -0.2) is 22.8 Å². The molecule has 1 amide bonds. The van der Waals surface area contributed by atoms with Gasteiger partial charge < -0.3 is 5.73 Å². The van der Waals surface area contributed by atoms with Gasteiger partial charge in [0.25, 0.3) is 0 Å². The van der Waals surface area contributed by atoms with Gasteiger partial charge in [-0.25, -0.2) is 4.39 Å². The van der Waals surface area contributed by atoms with Crippen molar-refractivity contribution in [3.8, 4) is 0 Å². The van der Waals surface area contributed by atoms with Crippen molar-refractivity contribution in [3.05, 3.63) is 77.2 Å². The molecule has 0 radical (unpaired) electrons. The summed E-state index contributed by atoms with van der Waals surface area (Å²) in [5.41, 5.74) is 9.01. The second kappa shape index (κ2) is 6.99. The van der Waals surface area contributed by atoms with Crippen molar-refractivity contribution >= 4 is 16.8 Å². The van der Waals surface area contributed by atoms with Gasteiger partial charge in [0.05, 0.1) is 5.52 Å². The lowest BCUT2D eigenvalue weighted by Gasteiger charge is -2.26. The van der Waals surface area contributed by atoms with E-state index in [0.29, 0.717) is 12.1 Å². The average molecular weight is 337 g/mol. The Bertz CT molecular complexity index is 926. The van der Waals surface area contributed by atoms with Crippen LogP contribution in [0, 0.1) is 12.7 Å². The number of carbonyl (C=O) groups is 1. The number of hydrogen-bond donors (Lipinski definition) is 1. The monoisotopic (exact) mass is 337 g/mol. The van der Waals surface area contributed by atoms with Gasteiger partial charge in [0.1, 0.15) is 11.9 Å². The highest BCUT2D eigenvalue weighted by molar-refractivity contribution is 5.83. The van der Waals surface area contributed by atoms with E-state index in [0.717, 1.165) is 22.2 Å². The van der Waals surface area contributed by atoms with E-state index in [2.05, 4.69) is 4.98 Å². The molecular weight excluding hydrogens is 317 g/mol. The average Bonchev–Trinajstić information content (AvgIpc) is 2.54. The zero-order chi connectivity index (χ0) is 18.0. The Morgan fingerprint density at radius 2 is 1.96 bits per heavy atom. The molecule has 5 heteroatoms. The maximum Gasteiger partial charge on any atom is 0.239 e. The number of benzene rings is 2. The van der Waals surface area contributed by atoms with Gasteiger partial charge >= 0.3 is 0 Å². The van der Waals surface area contributed by atoms with E-state index in [-0.39, 0.29) is 5.82 Å². The molecule has 25 heavy (non-hydrogen) atoms. The highest BCUT2D eigenvalue weighted by Crippen LogP contribution is 2.25. The number of para-hydroxylation sites is 1. The number of aryl methyl sites for hydroxylation is 1. The fraction of sp³-hybridized carbons (Fsp3) is 0.200. The zero-order valence-corrected chi connectivity index (χ0v) is 14.2. The first-order valence-corrected chi connectivity index (χ1v) is 8.06. The molecule has 2 N–H and O–H groups in total. The minimum absolute atomic E-state index is 0.387. The summed E-state index contributed by atoms with van der Waals surface area (Å²) >= 11 is 0. The SMILES string of the molecule is Cc1cc(CN(C)C(C(N)=O)c2cccc(F)c2)c2ccccc2n1. The Hall–Kier alpha value is -2.79. The molecule has 0 fully saturated rings. The van der Waals surface area contributed by atoms with Crippen LogP contribution in [0.2, 0.25) is 0 Å². The summed E-state index contributed by atoms with van der Waals surface area (Å²) in [5.74, 6) is -0.898. The molecule has 0 bridgehead atoms. The van der Waals surface area contributed by atoms with Gasteiger partial charge in [-0.1, -0.05) is 30.3 Å². The van der Waals surface area contributed by atoms with Crippen LogP contribution in [0.1, 0.15) is 22.9 Å². The molecule has 4 nitrogen and oxygen atoms in total. The van der Waals surface area contributed by atoms with Crippen LogP contribution in [0.15, 0.2) is 54.6 Å². The van der Waals surface area contributed by atoms with Gasteiger partial charge in [-0.2, -0.15) is 0 Å². The van der Waals surface area contributed by atoms with Gasteiger partial charge in [0, 0.05) is 17.6 Å². The third kappa shape index (κ3) is 3.67. The number of hydrogen-bond acceptors (Lipinski definition) is 3. The van der Waals surface area contributed by atoms with E-state index in [1.54, 1.807) is 12.1 Å². The zero-order valence-electron chi connectivity index (χ0n) is 14.2. The molecule has 1 heterocycles. The maximum atomic E-state index is 13.6. The van der Waals surface area contributed by atoms with Crippen LogP contribution in [0.3, 0.4) is 0 Å². The largest absolute Gasteiger partial charge is 0.368 e. The van der Waals surface area contributed by atoms with Crippen LogP contribution in [0.25, 0.3) is 10.9 Å². The lowest BCUT2D eigenvalue weighted by Crippen LogP contribution is -2.35. The van der Waals surface area contributed by atoms with Crippen LogP contribution < -0.4 is 5.73 Å². The Kier molecular flexibility index (Phi) is 4.76. The second-order valence-electron chi connectivity index (χ2n) is 6.21. The number of carbonyl (C=O) groups excluding carboxylic acids is 1. The van der Waals surface area contributed by atoms with Gasteiger partial charge in [-0.15, -0.1) is 0 Å². The van der Waals surface area contributed by atoms with Gasteiger partial charge in [-0.05, 0) is 49.4 Å². The van der Waals surface area contributed by atoms with Crippen molar-refractivity contribution in [1.82, 2.24) is 9.88 Å². The number of halogens is 1. The molecule has 0 saturated carbocycles. The standard InChI is InChI=1S/C20H20FN3O/c1-13-10-15(17-8-3-4-9-18(17)23-13)12-24(2)19(20(22)25)14-6-5-7-16(21)11-14/h3-11,19H,12H2,1-2H3,(H2,22,25). The van der Waals surface area contributed by atoms with E-state index in [4.69, 9.17) is 5.73 Å². The van der Waals surface area contributed by atoms with Gasteiger partial charge in [0.2, 0.25) is 5.91 Å². The number of likely N-dealkylation sites (N-methyl/N-ethyl adjacent to an activating group) is 1. The number of pyridine rings is 1. The Morgan fingerprint density at radius 3 is 2.68 bits per heavy atom. The second-order valence-corrected chi connectivity index (χ2v) is 6.21. The number of primary amides is 1. The van der Waals surface area contributed by atoms with Crippen LogP contribution in [0.4, 0.5) is 4.39 Å². The highest BCUT2D eigenvalue weighted by Gasteiger charge is 2.24. The van der Waals surface area contributed by atoms with E-state index in [9.17, 15) is 9.18 Å². The molecule has 1 unspecified atom stereocenters. The number of nitrogens with two attached hydrogens (primary N) is 1. The number of aromatic nitrogens is 1. The Balaban J connectivity index is 1.97. The number of amides is 1. The molecule has 0 saturated heterocycles. The maximum absolute atomic E-state index is 13.6. The van der Waals surface area contributed by atoms with Crippen molar-refractivity contribution in [2.75, 3.05) is 7.05 Å². The summed E-state index contributed by atoms with van der Waals surface area (Å²) in [4.78, 5) is 18.4. The summed E-state index contributed by atoms with van der Waals surface area (Å²) in [7, 11) is 1.81. The van der Waals surface area contributed by atoms with Crippen molar-refractivity contribution in [3.63, 3.8) is 0 Å². The van der Waals surface area contributed by atoms with Crippen molar-refractivity contribution < 1.29 is 9.18 Å². The van der Waals surface area contributed by atoms with Crippen molar-refractivity contribution in [2.45, 2.75) is 19.5 Å². The Morgan fingerprint density at radius 1 is 1.20 bits per heavy atom. The molecule has 3 aromatic rings. The minimum Gasteiger partial charge on any atom is -0.368 e. The predicted octanol–water partition coefficient (Wildman–Crippen LogP) is 3.34. The molecule has 1 atom stereocenters. The van der Waals surface area contributed by atoms with Gasteiger partial charge in [-0.3, -0.25) is 14.7 Å². The summed E-state index contributed by atoms with van der Waals surface area (Å²) in [6, 6.07) is 15.2. The normalized spacial score (nSPS) is 12.5. The molecule has 128 valence electrons. The summed E-state index contributed by atoms with van der Waals surface area (Å²) in [5, 5.41) is 1.03. The molecule has 2 aromatic carbocycles. The first kappa shape index (κ1) is 17.0. The smallest absolute Gasteiger partial charge is 0.239 e.